The maximum Gasteiger partial charge on any atom is 0.275 e. The highest BCUT2D eigenvalue weighted by atomic mass is 127. The lowest BCUT2D eigenvalue weighted by Crippen LogP contribution is -2.14. The van der Waals surface area contributed by atoms with Crippen molar-refractivity contribution in [2.24, 2.45) is 0 Å². The monoisotopic (exact) mass is 362 g/mol. The Bertz CT molecular complexity index is 569. The third-order valence-corrected chi connectivity index (χ3v) is 3.06. The lowest BCUT2D eigenvalue weighted by Gasteiger charge is -2.06. The summed E-state index contributed by atoms with van der Waals surface area (Å²) in [4.78, 5) is 11.8. The van der Waals surface area contributed by atoms with Crippen LogP contribution in [0.2, 0.25) is 5.02 Å². The van der Waals surface area contributed by atoms with Crippen molar-refractivity contribution in [2.45, 2.75) is 0 Å². The van der Waals surface area contributed by atoms with E-state index in [-0.39, 0.29) is 11.6 Å². The Balaban J connectivity index is 2.22. The van der Waals surface area contributed by atoms with Crippen LogP contribution in [0.1, 0.15) is 10.5 Å². The van der Waals surface area contributed by atoms with E-state index in [4.69, 9.17) is 17.3 Å². The Labute approximate surface area is 116 Å². The van der Waals surface area contributed by atoms with Crippen LogP contribution in [0.3, 0.4) is 0 Å². The molecule has 0 unspecified atom stereocenters. The summed E-state index contributed by atoms with van der Waals surface area (Å²) >= 11 is 8.14. The maximum atomic E-state index is 11.8. The molecule has 0 radical (unpaired) electrons. The standard InChI is InChI=1S/C10H8ClIN4O/c11-6-3-5(12)1-2-8(6)15-10(17)9-7(13)4-14-16-9/h1-4H,13H2,(H,14,16)(H,15,17). The summed E-state index contributed by atoms with van der Waals surface area (Å²) in [5, 5.41) is 9.33. The molecule has 1 aromatic heterocycles. The van der Waals surface area contributed by atoms with Crippen LogP contribution in [0.15, 0.2) is 24.4 Å². The average Bonchev–Trinajstić information content (AvgIpc) is 2.68. The van der Waals surface area contributed by atoms with Gasteiger partial charge in [-0.25, -0.2) is 0 Å². The largest absolute Gasteiger partial charge is 0.396 e. The van der Waals surface area contributed by atoms with Gasteiger partial charge in [0, 0.05) is 3.57 Å². The number of H-pyrrole nitrogens is 1. The minimum absolute atomic E-state index is 0.222. The number of anilines is 2. The topological polar surface area (TPSA) is 83.8 Å². The number of benzene rings is 1. The van der Waals surface area contributed by atoms with Crippen LogP contribution in [-0.2, 0) is 0 Å². The molecule has 4 N–H and O–H groups in total. The van der Waals surface area contributed by atoms with E-state index in [1.165, 1.54) is 6.20 Å². The van der Waals surface area contributed by atoms with E-state index < -0.39 is 0 Å². The number of nitrogen functional groups attached to an aromatic ring is 1. The third-order valence-electron chi connectivity index (χ3n) is 2.08. The molecular formula is C10H8ClIN4O. The van der Waals surface area contributed by atoms with Crippen LogP contribution in [0.4, 0.5) is 11.4 Å². The van der Waals surface area contributed by atoms with Gasteiger partial charge in [-0.05, 0) is 40.8 Å². The van der Waals surface area contributed by atoms with Crippen LogP contribution in [-0.4, -0.2) is 16.1 Å². The number of hydrogen-bond acceptors (Lipinski definition) is 3. The lowest BCUT2D eigenvalue weighted by molar-refractivity contribution is 0.102. The van der Waals surface area contributed by atoms with Gasteiger partial charge in [0.1, 0.15) is 5.69 Å². The molecule has 0 atom stereocenters. The number of halogens is 2. The molecule has 1 aromatic carbocycles. The summed E-state index contributed by atoms with van der Waals surface area (Å²) in [5.41, 5.74) is 6.62. The van der Waals surface area contributed by atoms with Crippen LogP contribution in [0.5, 0.6) is 0 Å². The lowest BCUT2D eigenvalue weighted by atomic mass is 10.3. The predicted molar refractivity (Wildman–Crippen MR) is 75.1 cm³/mol. The Morgan fingerprint density at radius 1 is 1.53 bits per heavy atom. The minimum atomic E-state index is -0.372. The van der Waals surface area contributed by atoms with E-state index in [0.29, 0.717) is 16.4 Å². The van der Waals surface area contributed by atoms with Crippen LogP contribution in [0, 0.1) is 3.57 Å². The number of aromatic amines is 1. The number of nitrogens with one attached hydrogen (secondary N) is 2. The molecule has 2 aromatic rings. The number of carbonyl (C=O) groups excluding carboxylic acids is 1. The number of nitrogens with two attached hydrogens (primary N) is 1. The Morgan fingerprint density at radius 2 is 2.29 bits per heavy atom. The van der Waals surface area contributed by atoms with E-state index in [2.05, 4.69) is 38.1 Å². The summed E-state index contributed by atoms with van der Waals surface area (Å²) < 4.78 is 0.992. The molecule has 0 saturated carbocycles. The highest BCUT2D eigenvalue weighted by molar-refractivity contribution is 14.1. The predicted octanol–water partition coefficient (Wildman–Crippen LogP) is 2.50. The highest BCUT2D eigenvalue weighted by Gasteiger charge is 2.13. The van der Waals surface area contributed by atoms with Gasteiger partial charge in [0.25, 0.3) is 5.91 Å². The maximum absolute atomic E-state index is 11.8. The summed E-state index contributed by atoms with van der Waals surface area (Å²) in [7, 11) is 0. The number of hydrogen-bond donors (Lipinski definition) is 3. The van der Waals surface area contributed by atoms with E-state index in [0.717, 1.165) is 3.57 Å². The smallest absolute Gasteiger partial charge is 0.275 e. The molecule has 17 heavy (non-hydrogen) atoms. The molecule has 88 valence electrons. The van der Waals surface area contributed by atoms with Gasteiger partial charge in [0.05, 0.1) is 22.6 Å². The van der Waals surface area contributed by atoms with Gasteiger partial charge in [-0.2, -0.15) is 5.10 Å². The molecule has 0 bridgehead atoms. The number of rotatable bonds is 2. The molecule has 0 aliphatic heterocycles. The fourth-order valence-corrected chi connectivity index (χ4v) is 2.16. The number of aromatic nitrogens is 2. The molecule has 0 aliphatic carbocycles. The zero-order valence-electron chi connectivity index (χ0n) is 8.50. The number of nitrogens with zero attached hydrogens (tertiary/aromatic N) is 1. The van der Waals surface area contributed by atoms with Crippen molar-refractivity contribution >= 4 is 51.5 Å². The first-order valence-electron chi connectivity index (χ1n) is 4.63. The van der Waals surface area contributed by atoms with Crippen molar-refractivity contribution in [1.29, 1.82) is 0 Å². The third kappa shape index (κ3) is 2.70. The van der Waals surface area contributed by atoms with E-state index >= 15 is 0 Å². The molecule has 0 fully saturated rings. The molecule has 0 saturated heterocycles. The van der Waals surface area contributed by atoms with Crippen LogP contribution < -0.4 is 11.1 Å². The first-order valence-corrected chi connectivity index (χ1v) is 6.09. The second kappa shape index (κ2) is 4.92. The Morgan fingerprint density at radius 3 is 2.88 bits per heavy atom. The summed E-state index contributed by atoms with van der Waals surface area (Å²) in [5.74, 6) is -0.372. The van der Waals surface area contributed by atoms with Crippen molar-refractivity contribution in [3.8, 4) is 0 Å². The van der Waals surface area contributed by atoms with Crippen LogP contribution >= 0.6 is 34.2 Å². The molecule has 0 spiro atoms. The molecule has 5 nitrogen and oxygen atoms in total. The second-order valence-corrected chi connectivity index (χ2v) is 4.93. The molecular weight excluding hydrogens is 354 g/mol. The molecule has 0 aliphatic rings. The first kappa shape index (κ1) is 12.2. The summed E-state index contributed by atoms with van der Waals surface area (Å²) in [6.45, 7) is 0. The SMILES string of the molecule is Nc1cn[nH]c1C(=O)Nc1ccc(I)cc1Cl. The average molecular weight is 363 g/mol. The van der Waals surface area contributed by atoms with Gasteiger partial charge in [0.2, 0.25) is 0 Å². The number of amides is 1. The van der Waals surface area contributed by atoms with E-state index in [1.807, 2.05) is 6.07 Å². The molecule has 1 heterocycles. The van der Waals surface area contributed by atoms with Crippen molar-refractivity contribution in [1.82, 2.24) is 10.2 Å². The van der Waals surface area contributed by atoms with Gasteiger partial charge < -0.3 is 11.1 Å². The van der Waals surface area contributed by atoms with Gasteiger partial charge in [-0.1, -0.05) is 11.6 Å². The normalized spacial score (nSPS) is 10.2. The van der Waals surface area contributed by atoms with Crippen molar-refractivity contribution in [3.63, 3.8) is 0 Å². The van der Waals surface area contributed by atoms with Crippen molar-refractivity contribution < 1.29 is 4.79 Å². The number of carbonyl (C=O) groups is 1. The van der Waals surface area contributed by atoms with E-state index in [9.17, 15) is 4.79 Å². The molecule has 1 amide bonds. The Kier molecular flexibility index (Phi) is 3.53. The Hall–Kier alpha value is -1.28. The fraction of sp³-hybridized carbons (Fsp3) is 0. The zero-order chi connectivity index (χ0) is 12.4. The van der Waals surface area contributed by atoms with Crippen molar-refractivity contribution in [2.75, 3.05) is 11.1 Å². The second-order valence-electron chi connectivity index (χ2n) is 3.28. The van der Waals surface area contributed by atoms with Crippen molar-refractivity contribution in [3.05, 3.63) is 38.7 Å². The van der Waals surface area contributed by atoms with Gasteiger partial charge in [0.15, 0.2) is 0 Å². The quantitative estimate of drug-likeness (QED) is 0.718. The van der Waals surface area contributed by atoms with Gasteiger partial charge in [-0.3, -0.25) is 9.89 Å². The van der Waals surface area contributed by atoms with Crippen LogP contribution in [0.25, 0.3) is 0 Å². The van der Waals surface area contributed by atoms with Gasteiger partial charge >= 0.3 is 0 Å². The first-order chi connectivity index (χ1) is 8.08. The summed E-state index contributed by atoms with van der Waals surface area (Å²) in [6, 6.07) is 5.33. The molecule has 7 heteroatoms. The summed E-state index contributed by atoms with van der Waals surface area (Å²) in [6.07, 6.45) is 1.38. The fourth-order valence-electron chi connectivity index (χ4n) is 1.25. The molecule has 2 rings (SSSR count). The van der Waals surface area contributed by atoms with Gasteiger partial charge in [-0.15, -0.1) is 0 Å². The minimum Gasteiger partial charge on any atom is -0.396 e. The zero-order valence-corrected chi connectivity index (χ0v) is 11.4. The highest BCUT2D eigenvalue weighted by Crippen LogP contribution is 2.24. The van der Waals surface area contributed by atoms with E-state index in [1.54, 1.807) is 12.1 Å².